The second-order valence-corrected chi connectivity index (χ2v) is 4.15. The molecule has 0 bridgehead atoms. The van der Waals surface area contributed by atoms with E-state index in [2.05, 4.69) is 11.9 Å². The fourth-order valence-electron chi connectivity index (χ4n) is 0.854. The summed E-state index contributed by atoms with van der Waals surface area (Å²) < 4.78 is 0.356. The van der Waals surface area contributed by atoms with Crippen LogP contribution in [0.3, 0.4) is 0 Å². The summed E-state index contributed by atoms with van der Waals surface area (Å²) in [5, 5.41) is 2.75. The number of nitrogens with zero attached hydrogens (tertiary/aromatic N) is 1. The van der Waals surface area contributed by atoms with Gasteiger partial charge in [-0.05, 0) is 13.3 Å². The Morgan fingerprint density at radius 1 is 1.50 bits per heavy atom. The van der Waals surface area contributed by atoms with Gasteiger partial charge >= 0.3 is 0 Å². The van der Waals surface area contributed by atoms with E-state index in [4.69, 9.17) is 4.84 Å². The van der Waals surface area contributed by atoms with Crippen molar-refractivity contribution in [1.29, 1.82) is 0 Å². The maximum Gasteiger partial charge on any atom is 0.248 e. The van der Waals surface area contributed by atoms with Crippen LogP contribution in [0.25, 0.3) is 0 Å². The first-order valence-electron chi connectivity index (χ1n) is 4.72. The molecule has 0 aromatic rings. The van der Waals surface area contributed by atoms with Crippen LogP contribution in [-0.4, -0.2) is 37.9 Å². The quantitative estimate of drug-likeness (QED) is 0.312. The van der Waals surface area contributed by atoms with Crippen molar-refractivity contribution < 1.29 is 14.3 Å². The molecule has 0 aromatic heterocycles. The molecule has 0 heterocycles. The lowest BCUT2D eigenvalue weighted by atomic mass is 10.3. The minimum absolute atomic E-state index is 0.162. The van der Waals surface area contributed by atoms with Crippen LogP contribution in [0.1, 0.15) is 20.3 Å². The number of nitrogens with one attached hydrogen (secondary N) is 1. The number of amides is 1. The maximum atomic E-state index is 11.3. The zero-order chi connectivity index (χ0) is 11.4. The van der Waals surface area contributed by atoms with Crippen LogP contribution in [0.5, 0.6) is 0 Å². The van der Waals surface area contributed by atoms with Gasteiger partial charge in [-0.25, -0.2) is 0 Å². The Bertz CT molecular complexity index is 219. The topological polar surface area (TPSA) is 38.3 Å². The van der Waals surface area contributed by atoms with E-state index in [0.717, 1.165) is 6.42 Å². The van der Waals surface area contributed by atoms with E-state index in [0.29, 0.717) is 10.2 Å². The van der Waals surface area contributed by atoms with Crippen LogP contribution in [-0.2, 0) is 9.63 Å². The van der Waals surface area contributed by atoms with Crippen molar-refractivity contribution in [2.75, 3.05) is 21.1 Å². The summed E-state index contributed by atoms with van der Waals surface area (Å²) in [7, 11) is 5.70. The number of hydrogen-bond acceptors (Lipinski definition) is 2. The molecule has 0 aliphatic carbocycles. The highest BCUT2D eigenvalue weighted by Gasteiger charge is 2.19. The maximum absolute atomic E-state index is 11.3. The molecule has 82 valence electrons. The van der Waals surface area contributed by atoms with Gasteiger partial charge in [0.2, 0.25) is 5.91 Å². The van der Waals surface area contributed by atoms with Gasteiger partial charge in [0, 0.05) is 5.57 Å². The van der Waals surface area contributed by atoms with E-state index < -0.39 is 0 Å². The normalized spacial score (nSPS) is 13.5. The van der Waals surface area contributed by atoms with E-state index in [1.54, 1.807) is 6.92 Å². The van der Waals surface area contributed by atoms with Crippen molar-refractivity contribution in [3.05, 3.63) is 12.2 Å². The Morgan fingerprint density at radius 3 is 2.29 bits per heavy atom. The molecule has 0 aliphatic heterocycles. The average Bonchev–Trinajstić information content (AvgIpc) is 2.00. The molecule has 1 amide bonds. The van der Waals surface area contributed by atoms with E-state index in [1.165, 1.54) is 0 Å². The van der Waals surface area contributed by atoms with E-state index in [-0.39, 0.29) is 12.1 Å². The number of rotatable bonds is 5. The van der Waals surface area contributed by atoms with Crippen molar-refractivity contribution in [2.45, 2.75) is 26.5 Å². The third-order valence-electron chi connectivity index (χ3n) is 1.49. The van der Waals surface area contributed by atoms with Gasteiger partial charge < -0.3 is 5.32 Å². The third-order valence-corrected chi connectivity index (χ3v) is 1.49. The molecule has 1 atom stereocenters. The highest BCUT2D eigenvalue weighted by atomic mass is 16.7. The van der Waals surface area contributed by atoms with Gasteiger partial charge in [0.25, 0.3) is 0 Å². The molecule has 0 fully saturated rings. The standard InChI is InChI=1S/C10H20N2O2/c1-7-9(14-12(4,5)6)11-10(13)8(2)3/h9H,2,7H2,1,3-6H3/p+1. The molecule has 4 nitrogen and oxygen atoms in total. The fourth-order valence-corrected chi connectivity index (χ4v) is 0.854. The van der Waals surface area contributed by atoms with Crippen molar-refractivity contribution in [3.63, 3.8) is 0 Å². The van der Waals surface area contributed by atoms with Crippen LogP contribution >= 0.6 is 0 Å². The summed E-state index contributed by atoms with van der Waals surface area (Å²) >= 11 is 0. The first-order valence-corrected chi connectivity index (χ1v) is 4.72. The lowest BCUT2D eigenvalue weighted by molar-refractivity contribution is -1.07. The van der Waals surface area contributed by atoms with Crippen LogP contribution in [0.15, 0.2) is 12.2 Å². The molecule has 0 saturated heterocycles. The molecule has 14 heavy (non-hydrogen) atoms. The smallest absolute Gasteiger partial charge is 0.248 e. The monoisotopic (exact) mass is 201 g/mol. The van der Waals surface area contributed by atoms with Gasteiger partial charge in [0.1, 0.15) is 0 Å². The largest absolute Gasteiger partial charge is 0.322 e. The Labute approximate surface area is 86.1 Å². The second-order valence-electron chi connectivity index (χ2n) is 4.15. The second kappa shape index (κ2) is 5.12. The van der Waals surface area contributed by atoms with Crippen LogP contribution in [0.2, 0.25) is 0 Å². The lowest BCUT2D eigenvalue weighted by Gasteiger charge is -2.27. The molecule has 0 aliphatic rings. The molecule has 0 rings (SSSR count). The molecule has 0 saturated carbocycles. The van der Waals surface area contributed by atoms with E-state index in [9.17, 15) is 4.79 Å². The lowest BCUT2D eigenvalue weighted by Crippen LogP contribution is -2.46. The molecule has 1 N–H and O–H groups in total. The van der Waals surface area contributed by atoms with Crippen molar-refractivity contribution in [1.82, 2.24) is 5.32 Å². The first-order chi connectivity index (χ1) is 6.26. The highest BCUT2D eigenvalue weighted by Crippen LogP contribution is 2.02. The van der Waals surface area contributed by atoms with Gasteiger partial charge in [0.05, 0.1) is 21.1 Å². The third kappa shape index (κ3) is 5.72. The fraction of sp³-hybridized carbons (Fsp3) is 0.700. The Morgan fingerprint density at radius 2 is 2.00 bits per heavy atom. The Hall–Kier alpha value is -0.870. The summed E-state index contributed by atoms with van der Waals surface area (Å²) in [6.07, 6.45) is 0.466. The molecular weight excluding hydrogens is 180 g/mol. The summed E-state index contributed by atoms with van der Waals surface area (Å²) in [5.41, 5.74) is 0.494. The molecule has 0 spiro atoms. The van der Waals surface area contributed by atoms with Crippen molar-refractivity contribution >= 4 is 5.91 Å². The van der Waals surface area contributed by atoms with Gasteiger partial charge in [-0.3, -0.25) is 4.79 Å². The minimum atomic E-state index is -0.265. The Kier molecular flexibility index (Phi) is 4.80. The molecule has 0 aromatic carbocycles. The predicted octanol–water partition coefficient (Wildman–Crippen LogP) is 1.05. The number of carbonyl (C=O) groups is 1. The van der Waals surface area contributed by atoms with Crippen LogP contribution < -0.4 is 5.32 Å². The highest BCUT2D eigenvalue weighted by molar-refractivity contribution is 5.92. The number of quaternary nitrogens is 1. The predicted molar refractivity (Wildman–Crippen MR) is 56.2 cm³/mol. The van der Waals surface area contributed by atoms with E-state index in [1.807, 2.05) is 28.1 Å². The van der Waals surface area contributed by atoms with Gasteiger partial charge in [-0.15, -0.1) is 0 Å². The number of hydrogen-bond donors (Lipinski definition) is 1. The first kappa shape index (κ1) is 13.1. The average molecular weight is 201 g/mol. The molecule has 4 heteroatoms. The summed E-state index contributed by atoms with van der Waals surface area (Å²) in [6.45, 7) is 7.20. The minimum Gasteiger partial charge on any atom is -0.322 e. The van der Waals surface area contributed by atoms with E-state index >= 15 is 0 Å². The summed E-state index contributed by atoms with van der Waals surface area (Å²) in [6, 6.07) is 0. The van der Waals surface area contributed by atoms with Gasteiger partial charge in [-0.2, -0.15) is 9.48 Å². The number of carbonyl (C=O) groups excluding carboxylic acids is 1. The van der Waals surface area contributed by atoms with Crippen molar-refractivity contribution in [3.8, 4) is 0 Å². The van der Waals surface area contributed by atoms with Crippen LogP contribution in [0, 0.1) is 0 Å². The molecule has 1 unspecified atom stereocenters. The number of hydroxylamine groups is 3. The SMILES string of the molecule is C=C(C)C(=O)NC(CC)O[N+](C)(C)C. The molecule has 0 radical (unpaired) electrons. The molecular formula is C10H21N2O2+. The summed E-state index contributed by atoms with van der Waals surface area (Å²) in [4.78, 5) is 16.9. The van der Waals surface area contributed by atoms with Crippen LogP contribution in [0.4, 0.5) is 0 Å². The Balaban J connectivity index is 4.17. The van der Waals surface area contributed by atoms with Gasteiger partial charge in [-0.1, -0.05) is 13.5 Å². The zero-order valence-electron chi connectivity index (χ0n) is 9.76. The van der Waals surface area contributed by atoms with Gasteiger partial charge in [0.15, 0.2) is 6.23 Å². The zero-order valence-corrected chi connectivity index (χ0v) is 9.76. The summed E-state index contributed by atoms with van der Waals surface area (Å²) in [5.74, 6) is -0.162. The van der Waals surface area contributed by atoms with Crippen molar-refractivity contribution in [2.24, 2.45) is 0 Å².